The van der Waals surface area contributed by atoms with Crippen molar-refractivity contribution in [1.82, 2.24) is 24.6 Å². The molecule has 3 heterocycles. The summed E-state index contributed by atoms with van der Waals surface area (Å²) in [5, 5.41) is 14.7. The number of hydrogen-bond acceptors (Lipinski definition) is 5. The summed E-state index contributed by atoms with van der Waals surface area (Å²) in [6, 6.07) is 5.55. The first-order chi connectivity index (χ1) is 13.5. The second-order valence-electron chi connectivity index (χ2n) is 7.29. The Kier molecular flexibility index (Phi) is 4.85. The Hall–Kier alpha value is -2.80. The molecule has 0 bridgehead atoms. The molecule has 2 N–H and O–H groups in total. The number of hydrogen-bond donors (Lipinski definition) is 2. The first-order valence-corrected chi connectivity index (χ1v) is 9.69. The maximum atomic E-state index is 10.0. The van der Waals surface area contributed by atoms with E-state index in [9.17, 15) is 5.11 Å². The van der Waals surface area contributed by atoms with Crippen LogP contribution < -0.4 is 4.74 Å². The van der Waals surface area contributed by atoms with E-state index in [-0.39, 0.29) is 11.8 Å². The number of phenols is 1. The molecule has 0 unspecified atom stereocenters. The molecule has 3 aromatic rings. The highest BCUT2D eigenvalue weighted by molar-refractivity contribution is 5.45. The number of nitrogens with one attached hydrogen (secondary N) is 1. The Labute approximate surface area is 165 Å². The van der Waals surface area contributed by atoms with Gasteiger partial charge in [0.1, 0.15) is 0 Å². The molecule has 0 saturated carbocycles. The fourth-order valence-electron chi connectivity index (χ4n) is 4.20. The van der Waals surface area contributed by atoms with Gasteiger partial charge < -0.3 is 14.8 Å². The third-order valence-electron chi connectivity index (χ3n) is 5.74. The number of H-pyrrole nitrogens is 1. The van der Waals surface area contributed by atoms with E-state index in [1.54, 1.807) is 19.5 Å². The van der Waals surface area contributed by atoms with Crippen molar-refractivity contribution < 1.29 is 9.84 Å². The van der Waals surface area contributed by atoms with E-state index in [1.807, 2.05) is 12.1 Å². The van der Waals surface area contributed by atoms with Gasteiger partial charge in [-0.05, 0) is 38.5 Å². The zero-order valence-electron chi connectivity index (χ0n) is 16.9. The molecule has 1 atom stereocenters. The van der Waals surface area contributed by atoms with Crippen LogP contribution in [0.1, 0.15) is 46.9 Å². The largest absolute Gasteiger partial charge is 0.504 e. The lowest BCUT2D eigenvalue weighted by molar-refractivity contribution is 0.199. The highest BCUT2D eigenvalue weighted by atomic mass is 16.5. The number of phenolic OH excluding ortho intramolecular Hbond substituents is 1. The molecule has 28 heavy (non-hydrogen) atoms. The lowest BCUT2D eigenvalue weighted by Gasteiger charge is -2.35. The molecule has 0 aliphatic carbocycles. The third kappa shape index (κ3) is 3.05. The zero-order valence-corrected chi connectivity index (χ0v) is 16.9. The summed E-state index contributed by atoms with van der Waals surface area (Å²) in [4.78, 5) is 10.3. The molecule has 1 aliphatic rings. The van der Waals surface area contributed by atoms with Crippen molar-refractivity contribution >= 4 is 0 Å². The summed E-state index contributed by atoms with van der Waals surface area (Å²) < 4.78 is 7.41. The highest BCUT2D eigenvalue weighted by Crippen LogP contribution is 2.38. The van der Waals surface area contributed by atoms with Crippen molar-refractivity contribution in [2.75, 3.05) is 13.7 Å². The maximum Gasteiger partial charge on any atom is 0.160 e. The minimum absolute atomic E-state index is 0.00623. The van der Waals surface area contributed by atoms with Gasteiger partial charge in [0, 0.05) is 43.0 Å². The SMILES string of the molecule is CCn1nc(C)c(CN2CCc3[nH]cnc3[C@H]2c2ccc(O)c(OC)c2)c1C. The van der Waals surface area contributed by atoms with Crippen molar-refractivity contribution in [2.24, 2.45) is 0 Å². The van der Waals surface area contributed by atoms with Crippen molar-refractivity contribution in [3.8, 4) is 11.5 Å². The Balaban J connectivity index is 1.75. The number of rotatable bonds is 5. The van der Waals surface area contributed by atoms with Gasteiger partial charge >= 0.3 is 0 Å². The predicted octanol–water partition coefficient (Wildman–Crippen LogP) is 3.10. The van der Waals surface area contributed by atoms with Crippen molar-refractivity contribution in [1.29, 1.82) is 0 Å². The lowest BCUT2D eigenvalue weighted by atomic mass is 9.94. The van der Waals surface area contributed by atoms with E-state index in [2.05, 4.69) is 45.4 Å². The number of aromatic nitrogens is 4. The zero-order chi connectivity index (χ0) is 19.8. The summed E-state index contributed by atoms with van der Waals surface area (Å²) in [6.45, 7) is 8.93. The van der Waals surface area contributed by atoms with Crippen LogP contribution in [0.4, 0.5) is 0 Å². The van der Waals surface area contributed by atoms with Crippen LogP contribution in [-0.4, -0.2) is 43.4 Å². The number of fused-ring (bicyclic) bond motifs is 1. The van der Waals surface area contributed by atoms with E-state index in [0.29, 0.717) is 5.75 Å². The number of aromatic hydroxyl groups is 1. The van der Waals surface area contributed by atoms with E-state index < -0.39 is 0 Å². The normalized spacial score (nSPS) is 16.9. The van der Waals surface area contributed by atoms with E-state index in [1.165, 1.54) is 17.0 Å². The first kappa shape index (κ1) is 18.6. The minimum Gasteiger partial charge on any atom is -0.504 e. The van der Waals surface area contributed by atoms with Crippen LogP contribution in [0, 0.1) is 13.8 Å². The van der Waals surface area contributed by atoms with Gasteiger partial charge in [-0.1, -0.05) is 6.07 Å². The fraction of sp³-hybridized carbons (Fsp3) is 0.429. The fourth-order valence-corrected chi connectivity index (χ4v) is 4.20. The molecule has 1 aliphatic heterocycles. The molecule has 2 aromatic heterocycles. The van der Waals surface area contributed by atoms with Crippen molar-refractivity contribution in [2.45, 2.75) is 46.3 Å². The second-order valence-corrected chi connectivity index (χ2v) is 7.29. The molecule has 1 aromatic carbocycles. The molecule has 7 heteroatoms. The van der Waals surface area contributed by atoms with Gasteiger partial charge in [-0.3, -0.25) is 9.58 Å². The summed E-state index contributed by atoms with van der Waals surface area (Å²) in [5.74, 6) is 0.623. The van der Waals surface area contributed by atoms with E-state index in [0.717, 1.165) is 43.0 Å². The maximum absolute atomic E-state index is 10.0. The topological polar surface area (TPSA) is 79.2 Å². The molecule has 7 nitrogen and oxygen atoms in total. The van der Waals surface area contributed by atoms with E-state index in [4.69, 9.17) is 4.74 Å². The van der Waals surface area contributed by atoms with Crippen LogP contribution in [0.3, 0.4) is 0 Å². The van der Waals surface area contributed by atoms with Crippen LogP contribution in [-0.2, 0) is 19.5 Å². The lowest BCUT2D eigenvalue weighted by Crippen LogP contribution is -2.36. The number of methoxy groups -OCH3 is 1. The standard InChI is InChI=1S/C21H27N5O2/c1-5-26-14(3)16(13(2)24-26)11-25-9-8-17-20(23-12-22-17)21(25)15-6-7-18(27)19(10-15)28-4/h6-7,10,12,21,27H,5,8-9,11H2,1-4H3,(H,22,23)/t21-/m1/s1. The van der Waals surface area contributed by atoms with Gasteiger partial charge in [0.2, 0.25) is 0 Å². The highest BCUT2D eigenvalue weighted by Gasteiger charge is 2.32. The summed E-state index contributed by atoms with van der Waals surface area (Å²) in [6.07, 6.45) is 2.70. The van der Waals surface area contributed by atoms with Crippen LogP contribution in [0.5, 0.6) is 11.5 Å². The summed E-state index contributed by atoms with van der Waals surface area (Å²) in [5.41, 5.74) is 6.84. The average molecular weight is 381 g/mol. The molecule has 4 rings (SSSR count). The summed E-state index contributed by atoms with van der Waals surface area (Å²) >= 11 is 0. The smallest absolute Gasteiger partial charge is 0.160 e. The quantitative estimate of drug-likeness (QED) is 0.710. The molecular weight excluding hydrogens is 354 g/mol. The number of nitrogens with zero attached hydrogens (tertiary/aromatic N) is 4. The van der Waals surface area contributed by atoms with Crippen LogP contribution in [0.25, 0.3) is 0 Å². The van der Waals surface area contributed by atoms with Crippen LogP contribution in [0.2, 0.25) is 0 Å². The van der Waals surface area contributed by atoms with Crippen molar-refractivity contribution in [3.63, 3.8) is 0 Å². The Morgan fingerprint density at radius 3 is 2.86 bits per heavy atom. The molecule has 0 amide bonds. The van der Waals surface area contributed by atoms with Crippen LogP contribution >= 0.6 is 0 Å². The molecule has 0 saturated heterocycles. The average Bonchev–Trinajstić information content (AvgIpc) is 3.28. The molecule has 148 valence electrons. The Bertz CT molecular complexity index is 991. The van der Waals surface area contributed by atoms with Gasteiger partial charge in [0.15, 0.2) is 11.5 Å². The molecule has 0 radical (unpaired) electrons. The van der Waals surface area contributed by atoms with Crippen molar-refractivity contribution in [3.05, 3.63) is 58.4 Å². The second kappa shape index (κ2) is 7.31. The summed E-state index contributed by atoms with van der Waals surface area (Å²) in [7, 11) is 1.57. The van der Waals surface area contributed by atoms with Gasteiger partial charge in [-0.2, -0.15) is 5.10 Å². The number of benzene rings is 1. The number of aromatic amines is 1. The molecule has 0 spiro atoms. The Morgan fingerprint density at radius 1 is 1.32 bits per heavy atom. The van der Waals surface area contributed by atoms with Crippen LogP contribution in [0.15, 0.2) is 24.5 Å². The predicted molar refractivity (Wildman–Crippen MR) is 107 cm³/mol. The number of imidazole rings is 1. The molecular formula is C21H27N5O2. The minimum atomic E-state index is -0.00623. The number of aryl methyl sites for hydroxylation is 2. The Morgan fingerprint density at radius 2 is 2.14 bits per heavy atom. The van der Waals surface area contributed by atoms with E-state index >= 15 is 0 Å². The number of ether oxygens (including phenoxy) is 1. The monoisotopic (exact) mass is 381 g/mol. The first-order valence-electron chi connectivity index (χ1n) is 9.69. The van der Waals surface area contributed by atoms with Gasteiger partial charge in [-0.15, -0.1) is 0 Å². The van der Waals surface area contributed by atoms with Gasteiger partial charge in [0.05, 0.1) is 30.9 Å². The van der Waals surface area contributed by atoms with Gasteiger partial charge in [0.25, 0.3) is 0 Å². The third-order valence-corrected chi connectivity index (χ3v) is 5.74. The van der Waals surface area contributed by atoms with Gasteiger partial charge in [-0.25, -0.2) is 4.98 Å². The molecule has 0 fully saturated rings.